The molecule has 16 heavy (non-hydrogen) atoms. The first kappa shape index (κ1) is 12.2. The van der Waals surface area contributed by atoms with Gasteiger partial charge in [0.15, 0.2) is 0 Å². The number of hydrogen-bond acceptors (Lipinski definition) is 1. The molecule has 1 amide bonds. The minimum absolute atomic E-state index is 0.193. The quantitative estimate of drug-likeness (QED) is 0.739. The third kappa shape index (κ3) is 3.38. The number of hydrogen-bond donors (Lipinski definition) is 1. The Hall–Kier alpha value is -0.240. The second-order valence-corrected chi connectivity index (χ2v) is 5.89. The van der Waals surface area contributed by atoms with Crippen molar-refractivity contribution in [3.8, 4) is 0 Å². The zero-order valence-electron chi connectivity index (χ0n) is 9.93. The minimum Gasteiger partial charge on any atom is -0.355 e. The highest BCUT2D eigenvalue weighted by Gasteiger charge is 2.32. The molecule has 2 aliphatic rings. The first-order valence-electron chi connectivity index (χ1n) is 6.57. The van der Waals surface area contributed by atoms with Gasteiger partial charge in [0.1, 0.15) is 0 Å². The van der Waals surface area contributed by atoms with Gasteiger partial charge in [-0.15, -0.1) is 11.6 Å². The average molecular weight is 244 g/mol. The van der Waals surface area contributed by atoms with E-state index in [0.717, 1.165) is 13.0 Å². The largest absolute Gasteiger partial charge is 0.355 e. The number of alkyl halides is 1. The maximum Gasteiger partial charge on any atom is 0.220 e. The molecule has 0 aromatic heterocycles. The van der Waals surface area contributed by atoms with Crippen LogP contribution in [0.4, 0.5) is 0 Å². The van der Waals surface area contributed by atoms with E-state index < -0.39 is 0 Å². The predicted octanol–water partition coefficient (Wildman–Crippen LogP) is 3.09. The van der Waals surface area contributed by atoms with E-state index in [0.29, 0.717) is 11.8 Å². The van der Waals surface area contributed by atoms with Crippen LogP contribution in [0.2, 0.25) is 0 Å². The molecule has 92 valence electrons. The Bertz CT molecular complexity index is 244. The Labute approximate surface area is 103 Å². The molecule has 2 rings (SSSR count). The van der Waals surface area contributed by atoms with Gasteiger partial charge in [-0.05, 0) is 31.6 Å². The number of rotatable bonds is 5. The summed E-state index contributed by atoms with van der Waals surface area (Å²) in [6.07, 6.45) is 9.45. The summed E-state index contributed by atoms with van der Waals surface area (Å²) in [7, 11) is 0. The van der Waals surface area contributed by atoms with Crippen LogP contribution in [0.5, 0.6) is 0 Å². The fourth-order valence-electron chi connectivity index (χ4n) is 2.60. The number of halogens is 1. The normalized spacial score (nSPS) is 24.1. The molecule has 2 aliphatic carbocycles. The van der Waals surface area contributed by atoms with Crippen LogP contribution in [-0.2, 0) is 4.79 Å². The van der Waals surface area contributed by atoms with Crippen molar-refractivity contribution in [2.45, 2.75) is 51.4 Å². The molecule has 0 bridgehead atoms. The molecule has 2 fully saturated rings. The fourth-order valence-corrected chi connectivity index (χ4v) is 2.96. The molecule has 0 unspecified atom stereocenters. The number of carbonyl (C=O) groups is 1. The lowest BCUT2D eigenvalue weighted by atomic mass is 9.75. The van der Waals surface area contributed by atoms with Gasteiger partial charge in [-0.25, -0.2) is 0 Å². The summed E-state index contributed by atoms with van der Waals surface area (Å²) >= 11 is 6.09. The van der Waals surface area contributed by atoms with Gasteiger partial charge in [0.05, 0.1) is 0 Å². The molecule has 2 saturated carbocycles. The molecule has 0 aromatic rings. The molecular weight excluding hydrogens is 222 g/mol. The molecule has 0 aliphatic heterocycles. The lowest BCUT2D eigenvalue weighted by Gasteiger charge is -2.35. The van der Waals surface area contributed by atoms with Gasteiger partial charge in [0.2, 0.25) is 5.91 Å². The van der Waals surface area contributed by atoms with Crippen molar-refractivity contribution in [3.63, 3.8) is 0 Å². The maximum absolute atomic E-state index is 11.6. The molecule has 1 N–H and O–H groups in total. The van der Waals surface area contributed by atoms with Gasteiger partial charge in [-0.2, -0.15) is 0 Å². The van der Waals surface area contributed by atoms with E-state index in [1.165, 1.54) is 44.9 Å². The Morgan fingerprint density at radius 1 is 1.25 bits per heavy atom. The summed E-state index contributed by atoms with van der Waals surface area (Å²) in [5.41, 5.74) is 0.193. The zero-order chi connectivity index (χ0) is 11.4. The molecule has 0 heterocycles. The molecule has 2 nitrogen and oxygen atoms in total. The summed E-state index contributed by atoms with van der Waals surface area (Å²) in [6, 6.07) is 0. The van der Waals surface area contributed by atoms with E-state index in [1.807, 2.05) is 0 Å². The number of nitrogens with one attached hydrogen (secondary N) is 1. The van der Waals surface area contributed by atoms with Gasteiger partial charge >= 0.3 is 0 Å². The summed E-state index contributed by atoms with van der Waals surface area (Å²) in [4.78, 5) is 11.6. The summed E-state index contributed by atoms with van der Waals surface area (Å²) < 4.78 is 0. The fraction of sp³-hybridized carbons (Fsp3) is 0.923. The third-order valence-electron chi connectivity index (χ3n) is 4.03. The second-order valence-electron chi connectivity index (χ2n) is 5.62. The predicted molar refractivity (Wildman–Crippen MR) is 66.6 cm³/mol. The van der Waals surface area contributed by atoms with Crippen LogP contribution in [0.25, 0.3) is 0 Å². The maximum atomic E-state index is 11.6. The summed E-state index contributed by atoms with van der Waals surface area (Å²) in [6.45, 7) is 0.794. The highest BCUT2D eigenvalue weighted by atomic mass is 35.5. The molecule has 0 spiro atoms. The highest BCUT2D eigenvalue weighted by Crippen LogP contribution is 2.37. The van der Waals surface area contributed by atoms with Crippen LogP contribution in [-0.4, -0.2) is 18.3 Å². The van der Waals surface area contributed by atoms with Crippen LogP contribution in [0.1, 0.15) is 51.4 Å². The van der Waals surface area contributed by atoms with Crippen LogP contribution >= 0.6 is 11.6 Å². The standard InChI is InChI=1S/C13H22ClNO/c14-9-13(6-2-1-3-7-13)10-15-12(16)8-11-4-5-11/h11H,1-10H2,(H,15,16). The Morgan fingerprint density at radius 2 is 1.94 bits per heavy atom. The van der Waals surface area contributed by atoms with Crippen molar-refractivity contribution in [1.82, 2.24) is 5.32 Å². The molecule has 0 saturated heterocycles. The number of carbonyl (C=O) groups excluding carboxylic acids is 1. The van der Waals surface area contributed by atoms with E-state index in [-0.39, 0.29) is 11.3 Å². The van der Waals surface area contributed by atoms with Gasteiger partial charge in [-0.1, -0.05) is 19.3 Å². The van der Waals surface area contributed by atoms with Crippen molar-refractivity contribution in [2.24, 2.45) is 11.3 Å². The van der Waals surface area contributed by atoms with Crippen molar-refractivity contribution in [3.05, 3.63) is 0 Å². The third-order valence-corrected chi connectivity index (χ3v) is 4.60. The van der Waals surface area contributed by atoms with Crippen molar-refractivity contribution in [2.75, 3.05) is 12.4 Å². The summed E-state index contributed by atoms with van der Waals surface area (Å²) in [5, 5.41) is 3.09. The SMILES string of the molecule is O=C(CC1CC1)NCC1(CCl)CCCCC1. The Morgan fingerprint density at radius 3 is 2.50 bits per heavy atom. The van der Waals surface area contributed by atoms with E-state index >= 15 is 0 Å². The van der Waals surface area contributed by atoms with Gasteiger partial charge < -0.3 is 5.32 Å². The van der Waals surface area contributed by atoms with E-state index in [4.69, 9.17) is 11.6 Å². The topological polar surface area (TPSA) is 29.1 Å². The highest BCUT2D eigenvalue weighted by molar-refractivity contribution is 6.18. The Kier molecular flexibility index (Phi) is 4.12. The molecule has 3 heteroatoms. The summed E-state index contributed by atoms with van der Waals surface area (Å²) in [5.74, 6) is 1.60. The smallest absolute Gasteiger partial charge is 0.220 e. The van der Waals surface area contributed by atoms with E-state index in [2.05, 4.69) is 5.32 Å². The van der Waals surface area contributed by atoms with Crippen molar-refractivity contribution >= 4 is 17.5 Å². The first-order valence-corrected chi connectivity index (χ1v) is 7.10. The van der Waals surface area contributed by atoms with Crippen molar-refractivity contribution < 1.29 is 4.79 Å². The van der Waals surface area contributed by atoms with Gasteiger partial charge in [0, 0.05) is 24.3 Å². The van der Waals surface area contributed by atoms with E-state index in [9.17, 15) is 4.79 Å². The van der Waals surface area contributed by atoms with Crippen LogP contribution in [0, 0.1) is 11.3 Å². The van der Waals surface area contributed by atoms with Gasteiger partial charge in [-0.3, -0.25) is 4.79 Å². The second kappa shape index (κ2) is 5.39. The number of amides is 1. The molecule has 0 aromatic carbocycles. The lowest BCUT2D eigenvalue weighted by Crippen LogP contribution is -2.40. The monoisotopic (exact) mass is 243 g/mol. The zero-order valence-corrected chi connectivity index (χ0v) is 10.7. The van der Waals surface area contributed by atoms with Crippen LogP contribution in [0.3, 0.4) is 0 Å². The lowest BCUT2D eigenvalue weighted by molar-refractivity contribution is -0.122. The van der Waals surface area contributed by atoms with Crippen molar-refractivity contribution in [1.29, 1.82) is 0 Å². The van der Waals surface area contributed by atoms with E-state index in [1.54, 1.807) is 0 Å². The van der Waals surface area contributed by atoms with Crippen LogP contribution in [0.15, 0.2) is 0 Å². The first-order chi connectivity index (χ1) is 7.74. The molecular formula is C13H22ClNO. The van der Waals surface area contributed by atoms with Gasteiger partial charge in [0.25, 0.3) is 0 Å². The average Bonchev–Trinajstić information content (AvgIpc) is 3.12. The minimum atomic E-state index is 0.193. The molecule has 0 radical (unpaired) electrons. The Balaban J connectivity index is 1.74. The molecule has 0 atom stereocenters. The van der Waals surface area contributed by atoms with Crippen LogP contribution < -0.4 is 5.32 Å².